The lowest BCUT2D eigenvalue weighted by atomic mass is 10.1. The van der Waals surface area contributed by atoms with Crippen LogP contribution in [-0.4, -0.2) is 22.8 Å². The summed E-state index contributed by atoms with van der Waals surface area (Å²) in [4.78, 5) is 34.7. The van der Waals surface area contributed by atoms with Gasteiger partial charge in [0.2, 0.25) is 0 Å². The van der Waals surface area contributed by atoms with Crippen molar-refractivity contribution in [2.24, 2.45) is 0 Å². The first-order valence-electron chi connectivity index (χ1n) is 8.97. The molecule has 0 aromatic heterocycles. The van der Waals surface area contributed by atoms with Gasteiger partial charge in [0, 0.05) is 28.9 Å². The van der Waals surface area contributed by atoms with Crippen LogP contribution in [0.4, 0.5) is 16.2 Å². The minimum atomic E-state index is -0.418. The molecule has 0 aliphatic rings. The van der Waals surface area contributed by atoms with Crippen LogP contribution >= 0.6 is 0 Å². The van der Waals surface area contributed by atoms with Crippen LogP contribution in [0, 0.1) is 10.1 Å². The highest BCUT2D eigenvalue weighted by Gasteiger charge is 2.12. The molecule has 0 aliphatic heterocycles. The van der Waals surface area contributed by atoms with Crippen LogP contribution in [0.15, 0.2) is 48.5 Å². The van der Waals surface area contributed by atoms with E-state index in [9.17, 15) is 19.7 Å². The molecule has 2 rings (SSSR count). The van der Waals surface area contributed by atoms with Crippen LogP contribution in [0.25, 0.3) is 6.08 Å². The lowest BCUT2D eigenvalue weighted by molar-refractivity contribution is -0.385. The van der Waals surface area contributed by atoms with Gasteiger partial charge in [-0.25, -0.2) is 4.79 Å². The molecule has 0 radical (unpaired) electrons. The van der Waals surface area contributed by atoms with Crippen molar-refractivity contribution in [1.82, 2.24) is 5.32 Å². The number of allylic oxidation sites excluding steroid dienone is 1. The van der Waals surface area contributed by atoms with Crippen LogP contribution in [0.1, 0.15) is 42.3 Å². The molecule has 146 valence electrons. The van der Waals surface area contributed by atoms with Crippen LogP contribution in [0.5, 0.6) is 0 Å². The van der Waals surface area contributed by atoms with Crippen molar-refractivity contribution in [1.29, 1.82) is 0 Å². The van der Waals surface area contributed by atoms with Crippen molar-refractivity contribution in [3.63, 3.8) is 0 Å². The SMILES string of the molecule is CCc1ccc(/C=C/C(=O)c2ccc(NC(=O)NC(C)C)cc2)cc1[N+](=O)[O-]. The molecule has 0 atom stereocenters. The summed E-state index contributed by atoms with van der Waals surface area (Å²) in [6.07, 6.45) is 3.49. The zero-order valence-corrected chi connectivity index (χ0v) is 16.1. The predicted octanol–water partition coefficient (Wildman–Crippen LogP) is 4.58. The third-order valence-corrected chi connectivity index (χ3v) is 3.96. The summed E-state index contributed by atoms with van der Waals surface area (Å²) >= 11 is 0. The molecule has 28 heavy (non-hydrogen) atoms. The number of nitrogens with zero attached hydrogens (tertiary/aromatic N) is 1. The van der Waals surface area contributed by atoms with E-state index in [-0.39, 0.29) is 23.5 Å². The van der Waals surface area contributed by atoms with Gasteiger partial charge in [0.25, 0.3) is 5.69 Å². The van der Waals surface area contributed by atoms with Gasteiger partial charge in [-0.1, -0.05) is 25.1 Å². The summed E-state index contributed by atoms with van der Waals surface area (Å²) in [6.45, 7) is 5.57. The molecule has 0 saturated carbocycles. The summed E-state index contributed by atoms with van der Waals surface area (Å²) in [7, 11) is 0. The van der Waals surface area contributed by atoms with Crippen LogP contribution in [0.2, 0.25) is 0 Å². The monoisotopic (exact) mass is 381 g/mol. The van der Waals surface area contributed by atoms with E-state index in [0.717, 1.165) is 0 Å². The third-order valence-electron chi connectivity index (χ3n) is 3.96. The second kappa shape index (κ2) is 9.45. The first kappa shape index (κ1) is 20.8. The Morgan fingerprint density at radius 2 is 1.82 bits per heavy atom. The highest BCUT2D eigenvalue weighted by molar-refractivity contribution is 6.07. The molecule has 2 aromatic carbocycles. The summed E-state index contributed by atoms with van der Waals surface area (Å²) in [5.74, 6) is -0.236. The Bertz CT molecular complexity index is 902. The van der Waals surface area contributed by atoms with Gasteiger partial charge in [-0.3, -0.25) is 14.9 Å². The first-order chi connectivity index (χ1) is 13.3. The van der Waals surface area contributed by atoms with Crippen LogP contribution < -0.4 is 10.6 Å². The fraction of sp³-hybridized carbons (Fsp3) is 0.238. The molecule has 0 aliphatic carbocycles. The normalized spacial score (nSPS) is 10.9. The summed E-state index contributed by atoms with van der Waals surface area (Å²) in [5, 5.41) is 16.5. The van der Waals surface area contributed by atoms with Gasteiger partial charge >= 0.3 is 6.03 Å². The molecular formula is C21H23N3O4. The van der Waals surface area contributed by atoms with E-state index in [4.69, 9.17) is 0 Å². The lowest BCUT2D eigenvalue weighted by Crippen LogP contribution is -2.34. The van der Waals surface area contributed by atoms with Crippen LogP contribution in [-0.2, 0) is 6.42 Å². The molecule has 0 spiro atoms. The number of urea groups is 1. The average Bonchev–Trinajstić information content (AvgIpc) is 2.65. The lowest BCUT2D eigenvalue weighted by Gasteiger charge is -2.10. The Balaban J connectivity index is 2.07. The van der Waals surface area contributed by atoms with E-state index < -0.39 is 4.92 Å². The standard InChI is InChI=1S/C21H23N3O4/c1-4-16-7-5-15(13-19(16)24(27)28)6-12-20(25)17-8-10-18(11-9-17)23-21(26)22-14(2)3/h5-14H,4H2,1-3H3,(H2,22,23,26)/b12-6+. The maximum absolute atomic E-state index is 12.3. The Kier molecular flexibility index (Phi) is 7.03. The van der Waals surface area contributed by atoms with Gasteiger partial charge in [-0.2, -0.15) is 0 Å². The number of carbonyl (C=O) groups excluding carboxylic acids is 2. The molecule has 2 aromatic rings. The second-order valence-electron chi connectivity index (χ2n) is 6.53. The van der Waals surface area contributed by atoms with E-state index >= 15 is 0 Å². The summed E-state index contributed by atoms with van der Waals surface area (Å²) in [5.41, 5.74) is 2.31. The second-order valence-corrected chi connectivity index (χ2v) is 6.53. The van der Waals surface area contributed by atoms with E-state index in [1.54, 1.807) is 42.5 Å². The van der Waals surface area contributed by atoms with E-state index in [1.165, 1.54) is 12.1 Å². The molecule has 2 amide bonds. The number of nitrogens with one attached hydrogen (secondary N) is 2. The van der Waals surface area contributed by atoms with Gasteiger partial charge in [-0.05, 0) is 56.2 Å². The zero-order valence-electron chi connectivity index (χ0n) is 16.1. The number of nitro groups is 1. The molecule has 0 bridgehead atoms. The van der Waals surface area contributed by atoms with E-state index in [2.05, 4.69) is 10.6 Å². The molecule has 2 N–H and O–H groups in total. The van der Waals surface area contributed by atoms with Crippen LogP contribution in [0.3, 0.4) is 0 Å². The number of amides is 2. The number of rotatable bonds is 7. The third kappa shape index (κ3) is 5.77. The smallest absolute Gasteiger partial charge is 0.319 e. The average molecular weight is 381 g/mol. The fourth-order valence-corrected chi connectivity index (χ4v) is 2.57. The number of anilines is 1. The minimum Gasteiger partial charge on any atom is -0.336 e. The predicted molar refractivity (Wildman–Crippen MR) is 110 cm³/mol. The number of benzene rings is 2. The molecule has 0 fully saturated rings. The van der Waals surface area contributed by atoms with Crippen molar-refractivity contribution < 1.29 is 14.5 Å². The molecule has 0 unspecified atom stereocenters. The molecule has 7 nitrogen and oxygen atoms in total. The summed E-state index contributed by atoms with van der Waals surface area (Å²) in [6, 6.07) is 11.1. The number of ketones is 1. The maximum atomic E-state index is 12.3. The molecular weight excluding hydrogens is 358 g/mol. The van der Waals surface area contributed by atoms with Gasteiger partial charge in [0.15, 0.2) is 5.78 Å². The number of aryl methyl sites for hydroxylation is 1. The Morgan fingerprint density at radius 3 is 2.39 bits per heavy atom. The summed E-state index contributed by atoms with van der Waals surface area (Å²) < 4.78 is 0. The molecule has 0 saturated heterocycles. The quantitative estimate of drug-likeness (QED) is 0.317. The number of hydrogen-bond acceptors (Lipinski definition) is 4. The highest BCUT2D eigenvalue weighted by Crippen LogP contribution is 2.22. The van der Waals surface area contributed by atoms with Gasteiger partial charge in [0.05, 0.1) is 4.92 Å². The first-order valence-corrected chi connectivity index (χ1v) is 8.97. The Morgan fingerprint density at radius 1 is 1.14 bits per heavy atom. The van der Waals surface area contributed by atoms with Gasteiger partial charge in [-0.15, -0.1) is 0 Å². The Labute approximate surface area is 163 Å². The molecule has 7 heteroatoms. The van der Waals surface area contributed by atoms with Crippen molar-refractivity contribution in [3.05, 3.63) is 75.3 Å². The van der Waals surface area contributed by atoms with Crippen molar-refractivity contribution in [3.8, 4) is 0 Å². The van der Waals surface area contributed by atoms with Crippen molar-refractivity contribution >= 4 is 29.3 Å². The highest BCUT2D eigenvalue weighted by atomic mass is 16.6. The van der Waals surface area contributed by atoms with Crippen molar-refractivity contribution in [2.45, 2.75) is 33.2 Å². The van der Waals surface area contributed by atoms with E-state index in [1.807, 2.05) is 20.8 Å². The van der Waals surface area contributed by atoms with Gasteiger partial charge in [0.1, 0.15) is 0 Å². The number of hydrogen-bond donors (Lipinski definition) is 2. The fourth-order valence-electron chi connectivity index (χ4n) is 2.57. The largest absolute Gasteiger partial charge is 0.336 e. The maximum Gasteiger partial charge on any atom is 0.319 e. The number of carbonyl (C=O) groups is 2. The number of nitro benzene ring substituents is 1. The minimum absolute atomic E-state index is 0.0215. The van der Waals surface area contributed by atoms with Crippen molar-refractivity contribution in [2.75, 3.05) is 5.32 Å². The van der Waals surface area contributed by atoms with E-state index in [0.29, 0.717) is 28.8 Å². The Hall–Kier alpha value is -3.48. The zero-order chi connectivity index (χ0) is 20.7. The van der Waals surface area contributed by atoms with Gasteiger partial charge < -0.3 is 10.6 Å². The molecule has 0 heterocycles. The topological polar surface area (TPSA) is 101 Å².